The Morgan fingerprint density at radius 1 is 0.318 bits per heavy atom. The predicted molar refractivity (Wildman–Crippen MR) is 284 cm³/mol. The Kier molecular flexibility index (Phi) is 50.9. The molecule has 0 amide bonds. The lowest BCUT2D eigenvalue weighted by Crippen LogP contribution is -2.30. The molecule has 0 saturated carbocycles. The van der Waals surface area contributed by atoms with Crippen molar-refractivity contribution >= 4 is 17.9 Å². The molecule has 0 aliphatic carbocycles. The van der Waals surface area contributed by atoms with E-state index in [1.54, 1.807) is 0 Å². The highest BCUT2D eigenvalue weighted by Crippen LogP contribution is 2.14. The number of carbonyl (C=O) groups is 3. The van der Waals surface area contributed by atoms with Crippen molar-refractivity contribution in [3.05, 3.63) is 97.2 Å². The Balaban J connectivity index is 4.50. The fourth-order valence-corrected chi connectivity index (χ4v) is 7.26. The number of hydrogen-bond acceptors (Lipinski definition) is 6. The molecule has 0 radical (unpaired) electrons. The summed E-state index contributed by atoms with van der Waals surface area (Å²) in [5.74, 6) is -0.998. The van der Waals surface area contributed by atoms with Gasteiger partial charge in [-0.05, 0) is 89.9 Å². The minimum Gasteiger partial charge on any atom is -0.462 e. The number of unbranched alkanes of at least 4 members (excludes halogenated alkanes) is 21. The summed E-state index contributed by atoms with van der Waals surface area (Å²) in [6.45, 7) is 6.43. The van der Waals surface area contributed by atoms with E-state index in [1.165, 1.54) is 109 Å². The van der Waals surface area contributed by atoms with Gasteiger partial charge in [0.2, 0.25) is 0 Å². The largest absolute Gasteiger partial charge is 0.462 e. The van der Waals surface area contributed by atoms with Gasteiger partial charge < -0.3 is 14.2 Å². The number of rotatable bonds is 48. The number of carbonyl (C=O) groups excluding carboxylic acids is 3. The third-order valence-corrected chi connectivity index (χ3v) is 11.3. The van der Waals surface area contributed by atoms with Crippen LogP contribution in [0.5, 0.6) is 0 Å². The SMILES string of the molecule is CC/C=C\C/C=C\C/C=C\C/C=C\C/C=C\C/C=C\CCC(=O)OC[C@@H](COC(=O)CCCCCCCCCCCCCC)OC(=O)CCCCCCCCC/C=C\C/C=C\CCCCC. The van der Waals surface area contributed by atoms with Gasteiger partial charge in [-0.2, -0.15) is 0 Å². The number of allylic oxidation sites excluding steroid dienone is 16. The van der Waals surface area contributed by atoms with Gasteiger partial charge in [0.25, 0.3) is 0 Å². The van der Waals surface area contributed by atoms with E-state index < -0.39 is 6.10 Å². The molecule has 0 aromatic carbocycles. The minimum absolute atomic E-state index is 0.103. The molecule has 6 nitrogen and oxygen atoms in total. The fourth-order valence-electron chi connectivity index (χ4n) is 7.26. The average molecular weight is 917 g/mol. The zero-order chi connectivity index (χ0) is 47.9. The van der Waals surface area contributed by atoms with Crippen molar-refractivity contribution in [1.29, 1.82) is 0 Å². The molecule has 0 rings (SSSR count). The van der Waals surface area contributed by atoms with Crippen LogP contribution in [0, 0.1) is 0 Å². The molecule has 0 spiro atoms. The summed E-state index contributed by atoms with van der Waals surface area (Å²) in [6, 6.07) is 0. The van der Waals surface area contributed by atoms with Crippen LogP contribution in [-0.4, -0.2) is 37.2 Å². The summed E-state index contributed by atoms with van der Waals surface area (Å²) in [4.78, 5) is 38.0. The molecular weight excluding hydrogens is 817 g/mol. The summed E-state index contributed by atoms with van der Waals surface area (Å²) in [7, 11) is 0. The molecule has 0 aliphatic heterocycles. The van der Waals surface area contributed by atoms with Gasteiger partial charge in [-0.15, -0.1) is 0 Å². The molecule has 1 atom stereocenters. The van der Waals surface area contributed by atoms with Crippen molar-refractivity contribution in [3.8, 4) is 0 Å². The van der Waals surface area contributed by atoms with Gasteiger partial charge in [-0.1, -0.05) is 234 Å². The standard InChI is InChI=1S/C60H100O6/c1-4-7-10-13-16-19-22-25-27-29-30-32-33-35-38-41-44-47-50-53-59(62)65-56-57(55-64-58(61)52-49-46-43-40-37-24-21-18-15-12-9-6-3)66-60(63)54-51-48-45-42-39-36-34-31-28-26-23-20-17-14-11-8-5-2/h7,10,16-17,19-20,25-28,30,32,35,38,44,47,57H,4-6,8-9,11-15,18,21-24,29,31,33-34,36-37,39-43,45-46,48-56H2,1-3H3/b10-7-,19-16-,20-17-,27-25-,28-26-,32-30-,38-35-,47-44-/t57-/m1/s1. The summed E-state index contributed by atoms with van der Waals surface area (Å²) >= 11 is 0. The summed E-state index contributed by atoms with van der Waals surface area (Å²) in [6.07, 6.45) is 71.1. The molecule has 0 N–H and O–H groups in total. The molecule has 0 saturated heterocycles. The van der Waals surface area contributed by atoms with Crippen LogP contribution in [-0.2, 0) is 28.6 Å². The zero-order valence-electron chi connectivity index (χ0n) is 42.9. The summed E-state index contributed by atoms with van der Waals surface area (Å²) in [5.41, 5.74) is 0. The topological polar surface area (TPSA) is 78.9 Å². The second-order valence-corrected chi connectivity index (χ2v) is 17.8. The first-order valence-electron chi connectivity index (χ1n) is 27.2. The van der Waals surface area contributed by atoms with E-state index in [0.29, 0.717) is 19.3 Å². The third kappa shape index (κ3) is 51.3. The van der Waals surface area contributed by atoms with Gasteiger partial charge in [0.05, 0.1) is 0 Å². The number of esters is 3. The minimum atomic E-state index is -0.811. The van der Waals surface area contributed by atoms with E-state index in [4.69, 9.17) is 14.2 Å². The van der Waals surface area contributed by atoms with Gasteiger partial charge >= 0.3 is 17.9 Å². The highest BCUT2D eigenvalue weighted by molar-refractivity contribution is 5.71. The third-order valence-electron chi connectivity index (χ3n) is 11.3. The monoisotopic (exact) mass is 917 g/mol. The maximum atomic E-state index is 12.8. The van der Waals surface area contributed by atoms with Crippen LogP contribution in [0.15, 0.2) is 97.2 Å². The lowest BCUT2D eigenvalue weighted by atomic mass is 10.0. The highest BCUT2D eigenvalue weighted by Gasteiger charge is 2.19. The molecule has 0 unspecified atom stereocenters. The zero-order valence-corrected chi connectivity index (χ0v) is 42.9. The smallest absolute Gasteiger partial charge is 0.306 e. The first-order chi connectivity index (χ1) is 32.5. The normalized spacial score (nSPS) is 12.8. The van der Waals surface area contributed by atoms with Crippen LogP contribution in [0.4, 0.5) is 0 Å². The maximum Gasteiger partial charge on any atom is 0.306 e. The van der Waals surface area contributed by atoms with Crippen molar-refractivity contribution in [1.82, 2.24) is 0 Å². The second kappa shape index (κ2) is 53.9. The first-order valence-corrected chi connectivity index (χ1v) is 27.2. The van der Waals surface area contributed by atoms with E-state index >= 15 is 0 Å². The molecule has 376 valence electrons. The molecule has 0 bridgehead atoms. The molecule has 0 aromatic heterocycles. The molecule has 0 aromatic rings. The second-order valence-electron chi connectivity index (χ2n) is 17.8. The van der Waals surface area contributed by atoms with E-state index in [2.05, 4.69) is 112 Å². The average Bonchev–Trinajstić information content (AvgIpc) is 3.31. The van der Waals surface area contributed by atoms with E-state index in [0.717, 1.165) is 89.9 Å². The predicted octanol–water partition coefficient (Wildman–Crippen LogP) is 18.1. The van der Waals surface area contributed by atoms with E-state index in [9.17, 15) is 14.4 Å². The Morgan fingerprint density at radius 3 is 1.05 bits per heavy atom. The fraction of sp³-hybridized carbons (Fsp3) is 0.683. The lowest BCUT2D eigenvalue weighted by Gasteiger charge is -2.18. The maximum absolute atomic E-state index is 12.8. The van der Waals surface area contributed by atoms with E-state index in [1.807, 2.05) is 6.08 Å². The van der Waals surface area contributed by atoms with Gasteiger partial charge in [-0.3, -0.25) is 14.4 Å². The number of ether oxygens (including phenoxy) is 3. The van der Waals surface area contributed by atoms with Gasteiger partial charge in [0.1, 0.15) is 13.2 Å². The van der Waals surface area contributed by atoms with E-state index in [-0.39, 0.29) is 37.5 Å². The Bertz CT molecular complexity index is 1330. The quantitative estimate of drug-likeness (QED) is 0.0262. The number of hydrogen-bond donors (Lipinski definition) is 0. The highest BCUT2D eigenvalue weighted by atomic mass is 16.6. The van der Waals surface area contributed by atoms with Crippen LogP contribution in [0.25, 0.3) is 0 Å². The van der Waals surface area contributed by atoms with Crippen LogP contribution in [0.1, 0.15) is 245 Å². The van der Waals surface area contributed by atoms with Crippen molar-refractivity contribution in [3.63, 3.8) is 0 Å². The van der Waals surface area contributed by atoms with Crippen LogP contribution < -0.4 is 0 Å². The van der Waals surface area contributed by atoms with Gasteiger partial charge in [-0.25, -0.2) is 0 Å². The molecule has 66 heavy (non-hydrogen) atoms. The lowest BCUT2D eigenvalue weighted by molar-refractivity contribution is -0.166. The Morgan fingerprint density at radius 2 is 0.621 bits per heavy atom. The Labute approximate surface area is 407 Å². The molecule has 0 aliphatic rings. The van der Waals surface area contributed by atoms with Crippen molar-refractivity contribution in [2.24, 2.45) is 0 Å². The Hall–Kier alpha value is -3.67. The molecule has 0 fully saturated rings. The van der Waals surface area contributed by atoms with Gasteiger partial charge in [0.15, 0.2) is 6.10 Å². The van der Waals surface area contributed by atoms with Gasteiger partial charge in [0, 0.05) is 19.3 Å². The van der Waals surface area contributed by atoms with Crippen LogP contribution >= 0.6 is 0 Å². The van der Waals surface area contributed by atoms with Crippen molar-refractivity contribution in [2.45, 2.75) is 252 Å². The first kappa shape index (κ1) is 62.3. The summed E-state index contributed by atoms with van der Waals surface area (Å²) in [5, 5.41) is 0. The summed E-state index contributed by atoms with van der Waals surface area (Å²) < 4.78 is 16.8. The molecular formula is C60H100O6. The van der Waals surface area contributed by atoms with Crippen molar-refractivity contribution < 1.29 is 28.6 Å². The molecule has 6 heteroatoms. The van der Waals surface area contributed by atoms with Crippen LogP contribution in [0.3, 0.4) is 0 Å². The molecule has 0 heterocycles. The van der Waals surface area contributed by atoms with Crippen LogP contribution in [0.2, 0.25) is 0 Å². The van der Waals surface area contributed by atoms with Crippen molar-refractivity contribution in [2.75, 3.05) is 13.2 Å².